The van der Waals surface area contributed by atoms with Crippen LogP contribution in [0.1, 0.15) is 41.3 Å². The Bertz CT molecular complexity index is 995. The molecule has 156 valence electrons. The monoisotopic (exact) mass is 409 g/mol. The number of fused-ring (bicyclic) bond motifs is 1. The number of benzene rings is 2. The van der Waals surface area contributed by atoms with E-state index in [4.69, 9.17) is 14.2 Å². The third-order valence-electron chi connectivity index (χ3n) is 4.53. The average Bonchev–Trinajstić information content (AvgIpc) is 3.06. The first-order valence-electron chi connectivity index (χ1n) is 9.66. The molecule has 0 unspecified atom stereocenters. The van der Waals surface area contributed by atoms with Gasteiger partial charge in [0, 0.05) is 28.8 Å². The van der Waals surface area contributed by atoms with E-state index in [9.17, 15) is 14.4 Å². The van der Waals surface area contributed by atoms with E-state index in [0.717, 1.165) is 5.56 Å². The largest absolute Gasteiger partial charge is 0.493 e. The number of carbonyl (C=O) groups is 3. The Morgan fingerprint density at radius 2 is 1.93 bits per heavy atom. The maximum atomic E-state index is 12.5. The van der Waals surface area contributed by atoms with E-state index in [1.54, 1.807) is 31.2 Å². The Kier molecular flexibility index (Phi) is 6.85. The van der Waals surface area contributed by atoms with Crippen LogP contribution in [0.15, 0.2) is 42.5 Å². The maximum Gasteiger partial charge on any atom is 0.337 e. The average molecular weight is 409 g/mol. The molecule has 0 radical (unpaired) electrons. The van der Waals surface area contributed by atoms with E-state index < -0.39 is 5.97 Å². The number of rotatable bonds is 8. The van der Waals surface area contributed by atoms with E-state index in [1.165, 1.54) is 7.11 Å². The van der Waals surface area contributed by atoms with Crippen molar-refractivity contribution in [3.63, 3.8) is 0 Å². The first-order chi connectivity index (χ1) is 14.5. The molecule has 1 amide bonds. The van der Waals surface area contributed by atoms with Crippen LogP contribution in [0.5, 0.6) is 5.75 Å². The number of carbonyl (C=O) groups excluding carboxylic acids is 3. The molecule has 3 rings (SSSR count). The number of hydrogen-bond donors (Lipinski definition) is 1. The van der Waals surface area contributed by atoms with Crippen molar-refractivity contribution in [2.75, 3.05) is 25.6 Å². The zero-order valence-electron chi connectivity index (χ0n) is 16.9. The van der Waals surface area contributed by atoms with Gasteiger partial charge in [0.25, 0.3) is 5.91 Å². The van der Waals surface area contributed by atoms with E-state index in [2.05, 4.69) is 5.32 Å². The Balaban J connectivity index is 1.77. The summed E-state index contributed by atoms with van der Waals surface area (Å²) < 4.78 is 15.4. The van der Waals surface area contributed by atoms with Crippen molar-refractivity contribution >= 4 is 35.2 Å². The van der Waals surface area contributed by atoms with Crippen molar-refractivity contribution < 1.29 is 28.6 Å². The molecule has 7 nitrogen and oxygen atoms in total. The Morgan fingerprint density at radius 3 is 2.70 bits per heavy atom. The van der Waals surface area contributed by atoms with E-state index in [1.807, 2.05) is 24.3 Å². The second kappa shape index (κ2) is 9.73. The second-order valence-corrected chi connectivity index (χ2v) is 6.56. The third-order valence-corrected chi connectivity index (χ3v) is 4.53. The fraction of sp³-hybridized carbons (Fsp3) is 0.261. The zero-order chi connectivity index (χ0) is 21.5. The summed E-state index contributed by atoms with van der Waals surface area (Å²) in [5, 5.41) is 2.78. The highest BCUT2D eigenvalue weighted by Gasteiger charge is 2.25. The van der Waals surface area contributed by atoms with Crippen molar-refractivity contribution in [2.24, 2.45) is 0 Å². The zero-order valence-corrected chi connectivity index (χ0v) is 16.9. The first-order valence-corrected chi connectivity index (χ1v) is 9.66. The van der Waals surface area contributed by atoms with Crippen LogP contribution < -0.4 is 10.1 Å². The first kappa shape index (κ1) is 21.1. The molecular weight excluding hydrogens is 386 g/mol. The van der Waals surface area contributed by atoms with Crippen LogP contribution in [-0.2, 0) is 19.1 Å². The van der Waals surface area contributed by atoms with Gasteiger partial charge >= 0.3 is 11.9 Å². The molecule has 0 fully saturated rings. The molecule has 1 heterocycles. The minimum absolute atomic E-state index is 0.248. The number of nitrogens with one attached hydrogen (secondary N) is 1. The summed E-state index contributed by atoms with van der Waals surface area (Å²) in [5.41, 5.74) is 2.84. The predicted octanol–water partition coefficient (Wildman–Crippen LogP) is 3.69. The van der Waals surface area contributed by atoms with Gasteiger partial charge in [-0.1, -0.05) is 24.3 Å². The van der Waals surface area contributed by atoms with Crippen molar-refractivity contribution in [3.8, 4) is 5.75 Å². The second-order valence-electron chi connectivity index (χ2n) is 6.56. The molecule has 0 saturated heterocycles. The smallest absolute Gasteiger partial charge is 0.337 e. The number of anilines is 1. The minimum Gasteiger partial charge on any atom is -0.493 e. The summed E-state index contributed by atoms with van der Waals surface area (Å²) in [5.74, 6) is -0.362. The van der Waals surface area contributed by atoms with Crippen molar-refractivity contribution in [2.45, 2.75) is 19.8 Å². The lowest BCUT2D eigenvalue weighted by atomic mass is 10.0. The number of amides is 1. The normalized spacial score (nSPS) is 13.5. The molecule has 0 aliphatic carbocycles. The van der Waals surface area contributed by atoms with Gasteiger partial charge in [0.15, 0.2) is 0 Å². The molecule has 0 saturated carbocycles. The highest BCUT2D eigenvalue weighted by atomic mass is 16.5. The summed E-state index contributed by atoms with van der Waals surface area (Å²) in [4.78, 5) is 35.7. The number of ether oxygens (including phenoxy) is 3. The quantitative estimate of drug-likeness (QED) is 0.406. The summed E-state index contributed by atoms with van der Waals surface area (Å²) in [6.45, 7) is 2.48. The van der Waals surface area contributed by atoms with Gasteiger partial charge in [0.1, 0.15) is 5.75 Å². The number of methoxy groups -OCH3 is 1. The number of para-hydroxylation sites is 1. The molecule has 1 N–H and O–H groups in total. The van der Waals surface area contributed by atoms with Crippen LogP contribution in [0.4, 0.5) is 5.69 Å². The molecule has 1 aliphatic rings. The van der Waals surface area contributed by atoms with Gasteiger partial charge < -0.3 is 19.5 Å². The fourth-order valence-corrected chi connectivity index (χ4v) is 3.10. The predicted molar refractivity (Wildman–Crippen MR) is 112 cm³/mol. The van der Waals surface area contributed by atoms with E-state index in [-0.39, 0.29) is 18.3 Å². The van der Waals surface area contributed by atoms with Crippen LogP contribution >= 0.6 is 0 Å². The van der Waals surface area contributed by atoms with Crippen LogP contribution in [0.25, 0.3) is 11.6 Å². The van der Waals surface area contributed by atoms with Crippen LogP contribution in [0.2, 0.25) is 0 Å². The lowest BCUT2D eigenvalue weighted by Crippen LogP contribution is -2.07. The fourth-order valence-electron chi connectivity index (χ4n) is 3.10. The van der Waals surface area contributed by atoms with Gasteiger partial charge in [0.2, 0.25) is 0 Å². The van der Waals surface area contributed by atoms with E-state index >= 15 is 0 Å². The Morgan fingerprint density at radius 1 is 1.13 bits per heavy atom. The van der Waals surface area contributed by atoms with Crippen LogP contribution in [0.3, 0.4) is 0 Å². The lowest BCUT2D eigenvalue weighted by molar-refractivity contribution is -0.143. The van der Waals surface area contributed by atoms with Gasteiger partial charge in [0.05, 0.1) is 25.9 Å². The molecular formula is C23H23NO6. The molecule has 0 bridgehead atoms. The van der Waals surface area contributed by atoms with Crippen molar-refractivity contribution in [1.29, 1.82) is 0 Å². The van der Waals surface area contributed by atoms with Crippen molar-refractivity contribution in [3.05, 3.63) is 59.2 Å². The van der Waals surface area contributed by atoms with Crippen molar-refractivity contribution in [1.82, 2.24) is 0 Å². The third kappa shape index (κ3) is 4.86. The van der Waals surface area contributed by atoms with Crippen LogP contribution in [-0.4, -0.2) is 38.2 Å². The Hall–Kier alpha value is -3.61. The Labute approximate surface area is 174 Å². The molecule has 1 aliphatic heterocycles. The van der Waals surface area contributed by atoms with Gasteiger partial charge in [-0.3, -0.25) is 9.59 Å². The molecule has 0 spiro atoms. The molecule has 2 aromatic carbocycles. The molecule has 0 atom stereocenters. The molecule has 0 aromatic heterocycles. The maximum absolute atomic E-state index is 12.5. The van der Waals surface area contributed by atoms with E-state index in [0.29, 0.717) is 47.8 Å². The summed E-state index contributed by atoms with van der Waals surface area (Å²) in [6.07, 6.45) is 2.57. The highest BCUT2D eigenvalue weighted by Crippen LogP contribution is 2.35. The summed E-state index contributed by atoms with van der Waals surface area (Å²) >= 11 is 0. The van der Waals surface area contributed by atoms with Gasteiger partial charge in [-0.25, -0.2) is 4.79 Å². The standard InChI is InChI=1S/C23H23NO6/c1-3-29-21(25)9-6-12-30-20-8-5-4-7-15(20)13-18-17-11-10-16(23(27)28-2)14-19(17)24-22(18)26/h4-5,7-8,10-11,13-14H,3,6,9,12H2,1-2H3,(H,24,26). The topological polar surface area (TPSA) is 90.9 Å². The molecule has 2 aromatic rings. The lowest BCUT2D eigenvalue weighted by Gasteiger charge is -2.10. The summed E-state index contributed by atoms with van der Waals surface area (Å²) in [6, 6.07) is 12.3. The number of hydrogen-bond acceptors (Lipinski definition) is 6. The SMILES string of the molecule is CCOC(=O)CCCOc1ccccc1C=C1C(=O)Nc2cc(C(=O)OC)ccc21. The van der Waals surface area contributed by atoms with Gasteiger partial charge in [-0.2, -0.15) is 0 Å². The van der Waals surface area contributed by atoms with Gasteiger partial charge in [-0.05, 0) is 37.6 Å². The number of esters is 2. The minimum atomic E-state index is -0.467. The molecule has 30 heavy (non-hydrogen) atoms. The summed E-state index contributed by atoms with van der Waals surface area (Å²) in [7, 11) is 1.31. The van der Waals surface area contributed by atoms with Gasteiger partial charge in [-0.15, -0.1) is 0 Å². The highest BCUT2D eigenvalue weighted by molar-refractivity contribution is 6.35. The molecule has 7 heteroatoms. The van der Waals surface area contributed by atoms with Crippen LogP contribution in [0, 0.1) is 0 Å².